The van der Waals surface area contributed by atoms with E-state index in [0.29, 0.717) is 5.56 Å². The lowest BCUT2D eigenvalue weighted by Crippen LogP contribution is -2.11. The van der Waals surface area contributed by atoms with Crippen molar-refractivity contribution in [2.45, 2.75) is 5.37 Å². The molecule has 0 aliphatic rings. The van der Waals surface area contributed by atoms with Gasteiger partial charge in [-0.2, -0.15) is 12.6 Å². The predicted molar refractivity (Wildman–Crippen MR) is 47.1 cm³/mol. The number of hydrogen-bond donors (Lipinski definition) is 2. The predicted octanol–water partition coefficient (Wildman–Crippen LogP) is 2.11. The molecule has 1 aromatic rings. The molecule has 12 heavy (non-hydrogen) atoms. The molecule has 0 saturated carbocycles. The average molecular weight is 189 g/mol. The van der Waals surface area contributed by atoms with Crippen LogP contribution in [0.1, 0.15) is 10.9 Å². The Labute approximate surface area is 75.2 Å². The van der Waals surface area contributed by atoms with Crippen LogP contribution >= 0.6 is 12.6 Å². The SMILES string of the molecule is CNC(S)c1ccc(F)cc1F. The standard InChI is InChI=1S/C8H9F2NS/c1-11-8(12)6-3-2-5(9)4-7(6)10/h2-4,8,11-12H,1H3. The minimum atomic E-state index is -0.579. The van der Waals surface area contributed by atoms with E-state index in [1.165, 1.54) is 12.1 Å². The summed E-state index contributed by atoms with van der Waals surface area (Å²) in [6, 6.07) is 3.42. The summed E-state index contributed by atoms with van der Waals surface area (Å²) in [6.07, 6.45) is 0. The van der Waals surface area contributed by atoms with Gasteiger partial charge in [0.15, 0.2) is 0 Å². The van der Waals surface area contributed by atoms with E-state index >= 15 is 0 Å². The maximum atomic E-state index is 13.0. The highest BCUT2D eigenvalue weighted by molar-refractivity contribution is 7.80. The Morgan fingerprint density at radius 3 is 2.58 bits per heavy atom. The van der Waals surface area contributed by atoms with Gasteiger partial charge < -0.3 is 5.32 Å². The highest BCUT2D eigenvalue weighted by Crippen LogP contribution is 2.20. The van der Waals surface area contributed by atoms with E-state index in [4.69, 9.17) is 0 Å². The van der Waals surface area contributed by atoms with Gasteiger partial charge >= 0.3 is 0 Å². The second-order valence-electron chi connectivity index (χ2n) is 2.36. The number of thiol groups is 1. The number of nitrogens with one attached hydrogen (secondary N) is 1. The summed E-state index contributed by atoms with van der Waals surface area (Å²) in [4.78, 5) is 0. The van der Waals surface area contributed by atoms with Gasteiger partial charge in [0.25, 0.3) is 0 Å². The van der Waals surface area contributed by atoms with E-state index in [9.17, 15) is 8.78 Å². The van der Waals surface area contributed by atoms with Crippen LogP contribution in [0.3, 0.4) is 0 Å². The summed E-state index contributed by atoms with van der Waals surface area (Å²) in [5.41, 5.74) is 0.349. The van der Waals surface area contributed by atoms with E-state index < -0.39 is 17.0 Å². The van der Waals surface area contributed by atoms with Gasteiger partial charge in [0.05, 0.1) is 5.37 Å². The molecule has 66 valence electrons. The molecular formula is C8H9F2NS. The van der Waals surface area contributed by atoms with Crippen LogP contribution in [0.15, 0.2) is 18.2 Å². The van der Waals surface area contributed by atoms with Crippen LogP contribution < -0.4 is 5.32 Å². The molecule has 0 aromatic heterocycles. The zero-order valence-corrected chi connectivity index (χ0v) is 7.41. The first-order valence-corrected chi connectivity index (χ1v) is 3.97. The molecule has 4 heteroatoms. The monoisotopic (exact) mass is 189 g/mol. The maximum Gasteiger partial charge on any atom is 0.131 e. The summed E-state index contributed by atoms with van der Waals surface area (Å²) in [5, 5.41) is 2.35. The van der Waals surface area contributed by atoms with Crippen molar-refractivity contribution in [2.24, 2.45) is 0 Å². The minimum Gasteiger partial charge on any atom is -0.305 e. The maximum absolute atomic E-state index is 13.0. The molecule has 0 bridgehead atoms. The third-order valence-electron chi connectivity index (χ3n) is 1.53. The number of hydrogen-bond acceptors (Lipinski definition) is 2. The van der Waals surface area contributed by atoms with Gasteiger partial charge in [-0.15, -0.1) is 0 Å². The third kappa shape index (κ3) is 1.95. The molecule has 1 unspecified atom stereocenters. The highest BCUT2D eigenvalue weighted by atomic mass is 32.1. The third-order valence-corrected chi connectivity index (χ3v) is 2.07. The van der Waals surface area contributed by atoms with E-state index in [0.717, 1.165) is 6.07 Å². The van der Waals surface area contributed by atoms with E-state index in [-0.39, 0.29) is 0 Å². The second-order valence-corrected chi connectivity index (χ2v) is 2.87. The van der Waals surface area contributed by atoms with Crippen molar-refractivity contribution in [3.05, 3.63) is 35.4 Å². The topological polar surface area (TPSA) is 12.0 Å². The lowest BCUT2D eigenvalue weighted by Gasteiger charge is -2.09. The van der Waals surface area contributed by atoms with Crippen LogP contribution in [-0.2, 0) is 0 Å². The molecule has 0 fully saturated rings. The molecule has 0 radical (unpaired) electrons. The van der Waals surface area contributed by atoms with Crippen molar-refractivity contribution in [3.63, 3.8) is 0 Å². The molecule has 1 aromatic carbocycles. The van der Waals surface area contributed by atoms with E-state index in [1.54, 1.807) is 7.05 Å². The fraction of sp³-hybridized carbons (Fsp3) is 0.250. The summed E-state index contributed by atoms with van der Waals surface area (Å²) in [6.45, 7) is 0. The molecule has 1 N–H and O–H groups in total. The molecule has 1 atom stereocenters. The highest BCUT2D eigenvalue weighted by Gasteiger charge is 2.09. The summed E-state index contributed by atoms with van der Waals surface area (Å²) in [7, 11) is 1.65. The smallest absolute Gasteiger partial charge is 0.131 e. The lowest BCUT2D eigenvalue weighted by molar-refractivity contribution is 0.565. The molecule has 0 aliphatic heterocycles. The first-order valence-electron chi connectivity index (χ1n) is 3.45. The van der Waals surface area contributed by atoms with Crippen LogP contribution in [0, 0.1) is 11.6 Å². The van der Waals surface area contributed by atoms with Crippen molar-refractivity contribution >= 4 is 12.6 Å². The average Bonchev–Trinajstić information content (AvgIpc) is 2.03. The Kier molecular flexibility index (Phi) is 3.05. The Morgan fingerprint density at radius 2 is 2.08 bits per heavy atom. The fourth-order valence-electron chi connectivity index (χ4n) is 0.879. The summed E-state index contributed by atoms with van der Waals surface area (Å²) < 4.78 is 25.4. The summed E-state index contributed by atoms with van der Waals surface area (Å²) in [5.74, 6) is -1.16. The van der Waals surface area contributed by atoms with Gasteiger partial charge in [-0.05, 0) is 13.1 Å². The van der Waals surface area contributed by atoms with Crippen LogP contribution in [0.4, 0.5) is 8.78 Å². The number of rotatable bonds is 2. The first kappa shape index (κ1) is 9.48. The first-order chi connectivity index (χ1) is 5.65. The van der Waals surface area contributed by atoms with E-state index in [1.807, 2.05) is 0 Å². The van der Waals surface area contributed by atoms with Crippen molar-refractivity contribution in [2.75, 3.05) is 7.05 Å². The lowest BCUT2D eigenvalue weighted by atomic mass is 10.2. The van der Waals surface area contributed by atoms with Crippen LogP contribution in [0.2, 0.25) is 0 Å². The Hall–Kier alpha value is -0.610. The molecule has 0 spiro atoms. The Morgan fingerprint density at radius 1 is 1.42 bits per heavy atom. The van der Waals surface area contributed by atoms with Crippen LogP contribution in [0.25, 0.3) is 0 Å². The number of halogens is 2. The van der Waals surface area contributed by atoms with Gasteiger partial charge in [-0.25, -0.2) is 8.78 Å². The molecule has 0 amide bonds. The second kappa shape index (κ2) is 3.87. The molecular weight excluding hydrogens is 180 g/mol. The van der Waals surface area contributed by atoms with Gasteiger partial charge in [0.1, 0.15) is 11.6 Å². The minimum absolute atomic E-state index is 0.349. The van der Waals surface area contributed by atoms with Crippen molar-refractivity contribution < 1.29 is 8.78 Å². The van der Waals surface area contributed by atoms with Crippen molar-refractivity contribution in [1.29, 1.82) is 0 Å². The molecule has 1 rings (SSSR count). The van der Waals surface area contributed by atoms with Crippen LogP contribution in [0.5, 0.6) is 0 Å². The van der Waals surface area contributed by atoms with Gasteiger partial charge in [0, 0.05) is 11.6 Å². The Bertz CT molecular complexity index is 278. The number of benzene rings is 1. The van der Waals surface area contributed by atoms with Gasteiger partial charge in [-0.1, -0.05) is 6.07 Å². The normalized spacial score (nSPS) is 13.0. The Balaban J connectivity index is 3.01. The quantitative estimate of drug-likeness (QED) is 0.536. The molecule has 0 saturated heterocycles. The zero-order chi connectivity index (χ0) is 9.14. The molecule has 0 heterocycles. The van der Waals surface area contributed by atoms with Gasteiger partial charge in [-0.3, -0.25) is 0 Å². The fourth-order valence-corrected chi connectivity index (χ4v) is 1.09. The molecule has 1 nitrogen and oxygen atoms in total. The van der Waals surface area contributed by atoms with Crippen molar-refractivity contribution in [1.82, 2.24) is 5.32 Å². The zero-order valence-electron chi connectivity index (χ0n) is 6.51. The van der Waals surface area contributed by atoms with Crippen molar-refractivity contribution in [3.8, 4) is 0 Å². The summed E-state index contributed by atoms with van der Waals surface area (Å²) >= 11 is 4.05. The van der Waals surface area contributed by atoms with E-state index in [2.05, 4.69) is 17.9 Å². The molecule has 0 aliphatic carbocycles. The largest absolute Gasteiger partial charge is 0.305 e. The van der Waals surface area contributed by atoms with Crippen LogP contribution in [-0.4, -0.2) is 7.05 Å². The van der Waals surface area contributed by atoms with Gasteiger partial charge in [0.2, 0.25) is 0 Å².